The summed E-state index contributed by atoms with van der Waals surface area (Å²) >= 11 is 7.50. The van der Waals surface area contributed by atoms with E-state index in [1.54, 1.807) is 7.11 Å². The van der Waals surface area contributed by atoms with Crippen LogP contribution in [0.15, 0.2) is 41.6 Å². The zero-order valence-electron chi connectivity index (χ0n) is 12.8. The normalized spacial score (nSPS) is 12.5. The van der Waals surface area contributed by atoms with E-state index in [9.17, 15) is 5.11 Å². The van der Waals surface area contributed by atoms with Crippen LogP contribution in [0.25, 0.3) is 11.0 Å². The molecular formula is C17H17ClN2O2S. The van der Waals surface area contributed by atoms with Gasteiger partial charge in [-0.15, -0.1) is 0 Å². The van der Waals surface area contributed by atoms with Crippen molar-refractivity contribution < 1.29 is 9.84 Å². The number of methoxy groups -OCH3 is 1. The second-order valence-electron chi connectivity index (χ2n) is 5.26. The molecule has 23 heavy (non-hydrogen) atoms. The fourth-order valence-electron chi connectivity index (χ4n) is 2.29. The molecule has 1 unspecified atom stereocenters. The van der Waals surface area contributed by atoms with Crippen molar-refractivity contribution in [3.8, 4) is 5.75 Å². The molecule has 120 valence electrons. The maximum absolute atomic E-state index is 10.3. The smallest absolute Gasteiger partial charge is 0.166 e. The first-order valence-electron chi connectivity index (χ1n) is 7.17. The number of halogens is 1. The molecule has 0 aliphatic carbocycles. The van der Waals surface area contributed by atoms with Crippen LogP contribution in [0.1, 0.15) is 17.2 Å². The van der Waals surface area contributed by atoms with E-state index in [1.165, 1.54) is 11.8 Å². The second-order valence-corrected chi connectivity index (χ2v) is 6.68. The number of aryl methyl sites for hydroxylation is 1. The maximum atomic E-state index is 10.3. The molecule has 0 bridgehead atoms. The Balaban J connectivity index is 1.70. The summed E-state index contributed by atoms with van der Waals surface area (Å²) in [6.07, 6.45) is -0.571. The van der Waals surface area contributed by atoms with Gasteiger partial charge in [0.15, 0.2) is 5.16 Å². The minimum atomic E-state index is -0.571. The van der Waals surface area contributed by atoms with E-state index in [0.29, 0.717) is 10.8 Å². The lowest BCUT2D eigenvalue weighted by Gasteiger charge is -2.11. The second kappa shape index (κ2) is 6.83. The van der Waals surface area contributed by atoms with Crippen molar-refractivity contribution in [1.29, 1.82) is 0 Å². The van der Waals surface area contributed by atoms with Crippen LogP contribution in [0.3, 0.4) is 0 Å². The molecule has 0 aliphatic rings. The molecule has 3 aromatic rings. The summed E-state index contributed by atoms with van der Waals surface area (Å²) in [7, 11) is 1.64. The van der Waals surface area contributed by atoms with Gasteiger partial charge in [-0.1, -0.05) is 35.5 Å². The number of aliphatic hydroxyl groups excluding tert-OH is 1. The zero-order chi connectivity index (χ0) is 16.4. The number of aromatic nitrogens is 2. The molecule has 6 heteroatoms. The number of benzene rings is 2. The summed E-state index contributed by atoms with van der Waals surface area (Å²) in [6.45, 7) is 1.93. The van der Waals surface area contributed by atoms with Crippen molar-refractivity contribution >= 4 is 34.4 Å². The molecule has 3 rings (SSSR count). The van der Waals surface area contributed by atoms with Gasteiger partial charge in [0.05, 0.1) is 24.2 Å². The average Bonchev–Trinajstić information content (AvgIpc) is 2.96. The van der Waals surface area contributed by atoms with Crippen molar-refractivity contribution in [1.82, 2.24) is 9.97 Å². The van der Waals surface area contributed by atoms with Gasteiger partial charge in [-0.25, -0.2) is 4.98 Å². The Morgan fingerprint density at radius 3 is 2.87 bits per heavy atom. The Bertz CT molecular complexity index is 835. The van der Waals surface area contributed by atoms with E-state index >= 15 is 0 Å². The first kappa shape index (κ1) is 16.2. The summed E-state index contributed by atoms with van der Waals surface area (Å²) in [4.78, 5) is 7.74. The Kier molecular flexibility index (Phi) is 4.80. The summed E-state index contributed by atoms with van der Waals surface area (Å²) in [6, 6.07) is 11.3. The monoisotopic (exact) mass is 348 g/mol. The molecule has 0 saturated heterocycles. The van der Waals surface area contributed by atoms with Gasteiger partial charge in [-0.2, -0.15) is 0 Å². The fraction of sp³-hybridized carbons (Fsp3) is 0.235. The number of fused-ring (bicyclic) bond motifs is 1. The summed E-state index contributed by atoms with van der Waals surface area (Å²) in [5.74, 6) is 1.30. The molecule has 1 heterocycles. The van der Waals surface area contributed by atoms with Crippen molar-refractivity contribution in [2.75, 3.05) is 12.9 Å². The van der Waals surface area contributed by atoms with E-state index in [-0.39, 0.29) is 0 Å². The minimum absolute atomic E-state index is 0.512. The van der Waals surface area contributed by atoms with E-state index in [4.69, 9.17) is 16.3 Å². The van der Waals surface area contributed by atoms with Crippen molar-refractivity contribution in [3.05, 3.63) is 52.5 Å². The Morgan fingerprint density at radius 2 is 2.13 bits per heavy atom. The SMILES string of the molecule is COc1ccc2nc(SCC(O)c3ccc(Cl)c(C)c3)[nH]c2c1. The lowest BCUT2D eigenvalue weighted by Crippen LogP contribution is -2.01. The van der Waals surface area contributed by atoms with Crippen molar-refractivity contribution in [2.24, 2.45) is 0 Å². The number of imidazole rings is 1. The van der Waals surface area contributed by atoms with Gasteiger partial charge in [0, 0.05) is 16.8 Å². The van der Waals surface area contributed by atoms with Crippen LogP contribution >= 0.6 is 23.4 Å². The topological polar surface area (TPSA) is 58.1 Å². The number of hydrogen-bond acceptors (Lipinski definition) is 4. The van der Waals surface area contributed by atoms with Crippen LogP contribution in [0.2, 0.25) is 5.02 Å². The molecule has 1 aromatic heterocycles. The minimum Gasteiger partial charge on any atom is -0.497 e. The number of nitrogens with one attached hydrogen (secondary N) is 1. The van der Waals surface area contributed by atoms with Crippen molar-refractivity contribution in [3.63, 3.8) is 0 Å². The lowest BCUT2D eigenvalue weighted by atomic mass is 10.1. The van der Waals surface area contributed by atoms with Crippen LogP contribution in [0, 0.1) is 6.92 Å². The highest BCUT2D eigenvalue weighted by molar-refractivity contribution is 7.99. The maximum Gasteiger partial charge on any atom is 0.166 e. The molecule has 0 fully saturated rings. The number of aromatic amines is 1. The van der Waals surface area contributed by atoms with Gasteiger partial charge >= 0.3 is 0 Å². The first-order chi connectivity index (χ1) is 11.1. The molecule has 0 saturated carbocycles. The lowest BCUT2D eigenvalue weighted by molar-refractivity contribution is 0.204. The third-order valence-electron chi connectivity index (χ3n) is 3.61. The number of rotatable bonds is 5. The van der Waals surface area contributed by atoms with Gasteiger partial charge in [0.1, 0.15) is 5.75 Å². The summed E-state index contributed by atoms with van der Waals surface area (Å²) < 4.78 is 5.20. The van der Waals surface area contributed by atoms with E-state index in [0.717, 1.165) is 33.1 Å². The predicted molar refractivity (Wildman–Crippen MR) is 94.5 cm³/mol. The summed E-state index contributed by atoms with van der Waals surface area (Å²) in [5.41, 5.74) is 3.62. The number of nitrogens with zero attached hydrogens (tertiary/aromatic N) is 1. The molecule has 1 atom stereocenters. The highest BCUT2D eigenvalue weighted by Gasteiger charge is 2.12. The molecule has 0 amide bonds. The first-order valence-corrected chi connectivity index (χ1v) is 8.54. The standard InChI is InChI=1S/C17H17ClN2O2S/c1-10-7-11(3-5-13(10)18)16(21)9-23-17-19-14-6-4-12(22-2)8-15(14)20-17/h3-8,16,21H,9H2,1-2H3,(H,19,20). The third-order valence-corrected chi connectivity index (χ3v) is 4.99. The highest BCUT2D eigenvalue weighted by atomic mass is 35.5. The van der Waals surface area contributed by atoms with Crippen LogP contribution < -0.4 is 4.74 Å². The number of ether oxygens (including phenoxy) is 1. The number of hydrogen-bond donors (Lipinski definition) is 2. The van der Waals surface area contributed by atoms with Gasteiger partial charge in [-0.3, -0.25) is 0 Å². The Morgan fingerprint density at radius 1 is 1.30 bits per heavy atom. The molecular weight excluding hydrogens is 332 g/mol. The highest BCUT2D eigenvalue weighted by Crippen LogP contribution is 2.28. The molecule has 2 N–H and O–H groups in total. The van der Waals surface area contributed by atoms with Crippen LogP contribution in [0.5, 0.6) is 5.75 Å². The van der Waals surface area contributed by atoms with Gasteiger partial charge in [0.2, 0.25) is 0 Å². The van der Waals surface area contributed by atoms with Crippen LogP contribution in [-0.4, -0.2) is 27.9 Å². The van der Waals surface area contributed by atoms with E-state index in [2.05, 4.69) is 9.97 Å². The van der Waals surface area contributed by atoms with E-state index in [1.807, 2.05) is 43.3 Å². The van der Waals surface area contributed by atoms with Gasteiger partial charge < -0.3 is 14.8 Å². The van der Waals surface area contributed by atoms with Crippen LogP contribution in [-0.2, 0) is 0 Å². The molecule has 4 nitrogen and oxygen atoms in total. The van der Waals surface area contributed by atoms with E-state index < -0.39 is 6.10 Å². The molecule has 0 spiro atoms. The third kappa shape index (κ3) is 3.63. The average molecular weight is 349 g/mol. The van der Waals surface area contributed by atoms with Gasteiger partial charge in [0.25, 0.3) is 0 Å². The largest absolute Gasteiger partial charge is 0.497 e. The number of H-pyrrole nitrogens is 1. The van der Waals surface area contributed by atoms with Crippen molar-refractivity contribution in [2.45, 2.75) is 18.2 Å². The number of aliphatic hydroxyl groups is 1. The zero-order valence-corrected chi connectivity index (χ0v) is 14.4. The molecule has 0 radical (unpaired) electrons. The van der Waals surface area contributed by atoms with Gasteiger partial charge in [-0.05, 0) is 36.2 Å². The predicted octanol–water partition coefficient (Wildman–Crippen LogP) is 4.36. The number of thioether (sulfide) groups is 1. The Hall–Kier alpha value is -1.69. The fourth-order valence-corrected chi connectivity index (χ4v) is 3.26. The van der Waals surface area contributed by atoms with Crippen LogP contribution in [0.4, 0.5) is 0 Å². The molecule has 2 aromatic carbocycles. The quantitative estimate of drug-likeness (QED) is 0.673. The molecule has 0 aliphatic heterocycles. The Labute approximate surface area is 143 Å². The summed E-state index contributed by atoms with van der Waals surface area (Å²) in [5, 5.41) is 11.8.